The Kier molecular flexibility index (Phi) is 3.74. The summed E-state index contributed by atoms with van der Waals surface area (Å²) in [5.74, 6) is 2.60. The van der Waals surface area contributed by atoms with Gasteiger partial charge < -0.3 is 10.2 Å². The second kappa shape index (κ2) is 6.19. The van der Waals surface area contributed by atoms with Crippen LogP contribution in [0.15, 0.2) is 49.2 Å². The predicted octanol–water partition coefficient (Wildman–Crippen LogP) is 2.32. The first-order valence-corrected chi connectivity index (χ1v) is 7.81. The zero-order chi connectivity index (χ0) is 16.4. The molecule has 0 atom stereocenters. The maximum absolute atomic E-state index is 4.62. The summed E-state index contributed by atoms with van der Waals surface area (Å²) in [5.41, 5.74) is 2.15. The molecule has 0 spiro atoms. The van der Waals surface area contributed by atoms with Gasteiger partial charge in [0.15, 0.2) is 0 Å². The van der Waals surface area contributed by atoms with E-state index in [2.05, 4.69) is 35.1 Å². The number of hydrogen-bond acceptors (Lipinski definition) is 7. The van der Waals surface area contributed by atoms with E-state index in [9.17, 15) is 0 Å². The van der Waals surface area contributed by atoms with E-state index in [-0.39, 0.29) is 0 Å². The molecule has 3 aromatic rings. The smallest absolute Gasteiger partial charge is 0.228 e. The Bertz CT molecular complexity index is 814. The van der Waals surface area contributed by atoms with Crippen LogP contribution in [0.1, 0.15) is 17.2 Å². The Morgan fingerprint density at radius 3 is 2.67 bits per heavy atom. The summed E-state index contributed by atoms with van der Waals surface area (Å²) in [6, 6.07) is 5.89. The normalized spacial score (nSPS) is 14.3. The summed E-state index contributed by atoms with van der Waals surface area (Å²) in [4.78, 5) is 23.8. The number of nitrogens with one attached hydrogen (secondary N) is 1. The van der Waals surface area contributed by atoms with Gasteiger partial charge in [0.1, 0.15) is 11.6 Å². The Morgan fingerprint density at radius 1 is 1.00 bits per heavy atom. The summed E-state index contributed by atoms with van der Waals surface area (Å²) in [5, 5.41) is 3.15. The molecule has 0 aliphatic carbocycles. The zero-order valence-electron chi connectivity index (χ0n) is 13.3. The number of anilines is 3. The minimum absolute atomic E-state index is 0.376. The average molecular weight is 319 g/mol. The van der Waals surface area contributed by atoms with E-state index >= 15 is 0 Å². The first-order chi connectivity index (χ1) is 11.8. The molecule has 7 heteroatoms. The lowest BCUT2D eigenvalue weighted by molar-refractivity contribution is 0.508. The van der Waals surface area contributed by atoms with Crippen LogP contribution in [0, 0.1) is 6.92 Å². The highest BCUT2D eigenvalue weighted by Gasteiger charge is 2.30. The molecule has 1 aliphatic rings. The van der Waals surface area contributed by atoms with E-state index in [0.717, 1.165) is 36.0 Å². The number of nitrogens with zero attached hydrogens (tertiary/aromatic N) is 6. The van der Waals surface area contributed by atoms with E-state index in [4.69, 9.17) is 0 Å². The third-order valence-corrected chi connectivity index (χ3v) is 4.00. The molecule has 0 radical (unpaired) electrons. The van der Waals surface area contributed by atoms with Gasteiger partial charge in [0.2, 0.25) is 5.95 Å². The van der Waals surface area contributed by atoms with Crippen molar-refractivity contribution in [3.8, 4) is 0 Å². The Balaban J connectivity index is 1.43. The van der Waals surface area contributed by atoms with Crippen LogP contribution in [0.3, 0.4) is 0 Å². The minimum atomic E-state index is 0.376. The van der Waals surface area contributed by atoms with Gasteiger partial charge in [0, 0.05) is 43.8 Å². The third kappa shape index (κ3) is 3.01. The number of rotatable bonds is 4. The van der Waals surface area contributed by atoms with Gasteiger partial charge in [0.25, 0.3) is 0 Å². The molecule has 0 saturated carbocycles. The molecule has 7 nitrogen and oxygen atoms in total. The van der Waals surface area contributed by atoms with Crippen LogP contribution in [0.2, 0.25) is 0 Å². The van der Waals surface area contributed by atoms with Crippen LogP contribution >= 0.6 is 0 Å². The lowest BCUT2D eigenvalue weighted by Crippen LogP contribution is -2.45. The zero-order valence-corrected chi connectivity index (χ0v) is 13.3. The largest absolute Gasteiger partial charge is 0.354 e. The second-order valence-corrected chi connectivity index (χ2v) is 5.82. The SMILES string of the molecule is Cc1ccc(Nc2nccc(C3CN(c4cnccn4)C3)n2)nc1. The number of hydrogen-bond donors (Lipinski definition) is 1. The number of aromatic nitrogens is 5. The molecule has 0 amide bonds. The van der Waals surface area contributed by atoms with E-state index in [1.54, 1.807) is 24.8 Å². The summed E-state index contributed by atoms with van der Waals surface area (Å²) in [6.45, 7) is 3.78. The van der Waals surface area contributed by atoms with Crippen LogP contribution < -0.4 is 10.2 Å². The molecule has 1 N–H and O–H groups in total. The van der Waals surface area contributed by atoms with Gasteiger partial charge in [-0.15, -0.1) is 0 Å². The van der Waals surface area contributed by atoms with Gasteiger partial charge in [-0.2, -0.15) is 0 Å². The van der Waals surface area contributed by atoms with Crippen molar-refractivity contribution in [3.05, 3.63) is 60.4 Å². The maximum Gasteiger partial charge on any atom is 0.228 e. The van der Waals surface area contributed by atoms with Gasteiger partial charge in [-0.05, 0) is 24.6 Å². The standard InChI is InChI=1S/C17H17N7/c1-12-2-3-15(21-8-12)23-17-20-5-4-14(22-17)13-10-24(11-13)16-9-18-6-7-19-16/h2-9,13H,10-11H2,1H3,(H,20,21,22,23). The molecule has 4 heterocycles. The molecule has 0 bridgehead atoms. The summed E-state index contributed by atoms with van der Waals surface area (Å²) < 4.78 is 0. The lowest BCUT2D eigenvalue weighted by Gasteiger charge is -2.39. The molecule has 1 saturated heterocycles. The fourth-order valence-electron chi connectivity index (χ4n) is 2.62. The number of aryl methyl sites for hydroxylation is 1. The maximum atomic E-state index is 4.62. The molecule has 3 aromatic heterocycles. The van der Waals surface area contributed by atoms with Gasteiger partial charge in [0.05, 0.1) is 11.9 Å². The van der Waals surface area contributed by atoms with Crippen molar-refractivity contribution in [2.75, 3.05) is 23.3 Å². The minimum Gasteiger partial charge on any atom is -0.354 e. The van der Waals surface area contributed by atoms with Crippen LogP contribution in [-0.2, 0) is 0 Å². The highest BCUT2D eigenvalue weighted by Crippen LogP contribution is 2.29. The van der Waals surface area contributed by atoms with E-state index in [0.29, 0.717) is 11.9 Å². The first kappa shape index (κ1) is 14.5. The highest BCUT2D eigenvalue weighted by molar-refractivity contribution is 5.48. The van der Waals surface area contributed by atoms with Gasteiger partial charge >= 0.3 is 0 Å². The van der Waals surface area contributed by atoms with Crippen molar-refractivity contribution in [1.82, 2.24) is 24.9 Å². The molecule has 120 valence electrons. The average Bonchev–Trinajstić information content (AvgIpc) is 2.57. The fraction of sp³-hybridized carbons (Fsp3) is 0.235. The summed E-state index contributed by atoms with van der Waals surface area (Å²) in [6.07, 6.45) is 8.78. The van der Waals surface area contributed by atoms with Crippen LogP contribution in [0.5, 0.6) is 0 Å². The molecule has 0 unspecified atom stereocenters. The van der Waals surface area contributed by atoms with Crippen LogP contribution in [0.4, 0.5) is 17.6 Å². The van der Waals surface area contributed by atoms with E-state index in [1.165, 1.54) is 0 Å². The summed E-state index contributed by atoms with van der Waals surface area (Å²) in [7, 11) is 0. The van der Waals surface area contributed by atoms with Crippen LogP contribution in [-0.4, -0.2) is 38.0 Å². The molecule has 4 rings (SSSR count). The molecular weight excluding hydrogens is 302 g/mol. The third-order valence-electron chi connectivity index (χ3n) is 4.00. The van der Waals surface area contributed by atoms with Crippen molar-refractivity contribution in [2.45, 2.75) is 12.8 Å². The van der Waals surface area contributed by atoms with E-state index < -0.39 is 0 Å². The molecule has 1 aliphatic heterocycles. The molecule has 0 aromatic carbocycles. The first-order valence-electron chi connectivity index (χ1n) is 7.81. The highest BCUT2D eigenvalue weighted by atomic mass is 15.2. The Hall–Kier alpha value is -3.09. The summed E-state index contributed by atoms with van der Waals surface area (Å²) >= 11 is 0. The van der Waals surface area contributed by atoms with Crippen molar-refractivity contribution in [2.24, 2.45) is 0 Å². The van der Waals surface area contributed by atoms with Crippen LogP contribution in [0.25, 0.3) is 0 Å². The lowest BCUT2D eigenvalue weighted by atomic mass is 9.96. The van der Waals surface area contributed by atoms with Crippen molar-refractivity contribution in [1.29, 1.82) is 0 Å². The van der Waals surface area contributed by atoms with Gasteiger partial charge in [-0.3, -0.25) is 4.98 Å². The molecule has 24 heavy (non-hydrogen) atoms. The van der Waals surface area contributed by atoms with Crippen molar-refractivity contribution in [3.63, 3.8) is 0 Å². The number of pyridine rings is 1. The topological polar surface area (TPSA) is 79.7 Å². The quantitative estimate of drug-likeness (QED) is 0.790. The van der Waals surface area contributed by atoms with E-state index in [1.807, 2.05) is 31.3 Å². The van der Waals surface area contributed by atoms with Gasteiger partial charge in [-0.1, -0.05) is 6.07 Å². The molecule has 1 fully saturated rings. The second-order valence-electron chi connectivity index (χ2n) is 5.82. The van der Waals surface area contributed by atoms with Gasteiger partial charge in [-0.25, -0.2) is 19.9 Å². The Labute approximate surface area is 139 Å². The Morgan fingerprint density at radius 2 is 1.92 bits per heavy atom. The monoisotopic (exact) mass is 319 g/mol. The van der Waals surface area contributed by atoms with Crippen molar-refractivity contribution >= 4 is 17.6 Å². The fourth-order valence-corrected chi connectivity index (χ4v) is 2.62. The van der Waals surface area contributed by atoms with Crippen molar-refractivity contribution < 1.29 is 0 Å². The molecular formula is C17H17N7. The predicted molar refractivity (Wildman–Crippen MR) is 91.3 cm³/mol.